The highest BCUT2D eigenvalue weighted by Gasteiger charge is 2.23. The molecule has 1 aromatic heterocycles. The third kappa shape index (κ3) is 4.83. The number of carbonyl (C=O) groups is 1. The van der Waals surface area contributed by atoms with Gasteiger partial charge >= 0.3 is 0 Å². The zero-order valence-electron chi connectivity index (χ0n) is 13.6. The van der Waals surface area contributed by atoms with Crippen molar-refractivity contribution in [2.75, 3.05) is 5.75 Å². The lowest BCUT2D eigenvalue weighted by molar-refractivity contribution is -0.119. The van der Waals surface area contributed by atoms with Crippen molar-refractivity contribution in [2.24, 2.45) is 0 Å². The Morgan fingerprint density at radius 2 is 2.00 bits per heavy atom. The number of benzene rings is 1. The third-order valence-corrected chi connectivity index (χ3v) is 5.86. The first-order valence-electron chi connectivity index (χ1n) is 8.12. The second kappa shape index (κ2) is 7.58. The van der Waals surface area contributed by atoms with Crippen molar-refractivity contribution in [3.05, 3.63) is 41.2 Å². The van der Waals surface area contributed by atoms with E-state index in [2.05, 4.69) is 10.3 Å². The van der Waals surface area contributed by atoms with Crippen LogP contribution in [-0.2, 0) is 20.4 Å². The number of aromatic nitrogens is 1. The zero-order valence-corrected chi connectivity index (χ0v) is 15.1. The van der Waals surface area contributed by atoms with Crippen LogP contribution in [0, 0.1) is 0 Å². The first-order chi connectivity index (χ1) is 11.9. The molecule has 3 rings (SSSR count). The van der Waals surface area contributed by atoms with E-state index < -0.39 is 21.5 Å². The van der Waals surface area contributed by atoms with Gasteiger partial charge < -0.3 is 9.73 Å². The lowest BCUT2D eigenvalue weighted by atomic mass is 10.2. The van der Waals surface area contributed by atoms with Gasteiger partial charge in [0, 0.05) is 6.04 Å². The highest BCUT2D eigenvalue weighted by atomic mass is 35.5. The molecule has 1 aliphatic rings. The quantitative estimate of drug-likeness (QED) is 0.829. The number of halogens is 1. The smallest absolute Gasteiger partial charge is 0.235 e. The number of amides is 1. The predicted molar refractivity (Wildman–Crippen MR) is 94.8 cm³/mol. The van der Waals surface area contributed by atoms with Crippen LogP contribution in [0.5, 0.6) is 0 Å². The van der Waals surface area contributed by atoms with Gasteiger partial charge in [0.1, 0.15) is 12.0 Å². The van der Waals surface area contributed by atoms with Crippen LogP contribution in [0.1, 0.15) is 31.4 Å². The van der Waals surface area contributed by atoms with Crippen molar-refractivity contribution in [1.29, 1.82) is 0 Å². The van der Waals surface area contributed by atoms with E-state index in [1.165, 1.54) is 6.26 Å². The summed E-state index contributed by atoms with van der Waals surface area (Å²) in [4.78, 5) is 16.1. The van der Waals surface area contributed by atoms with E-state index in [0.29, 0.717) is 10.6 Å². The molecule has 0 aliphatic heterocycles. The summed E-state index contributed by atoms with van der Waals surface area (Å²) in [6.07, 6.45) is 5.25. The minimum absolute atomic E-state index is 0.0987. The molecule has 0 atom stereocenters. The summed E-state index contributed by atoms with van der Waals surface area (Å²) in [6, 6.07) is 7.10. The summed E-state index contributed by atoms with van der Waals surface area (Å²) in [5, 5.41) is 3.25. The molecule has 25 heavy (non-hydrogen) atoms. The molecule has 1 aliphatic carbocycles. The van der Waals surface area contributed by atoms with Gasteiger partial charge in [-0.05, 0) is 25.0 Å². The summed E-state index contributed by atoms with van der Waals surface area (Å²) in [5.74, 6) is -1.09. The highest BCUT2D eigenvalue weighted by molar-refractivity contribution is 7.91. The van der Waals surface area contributed by atoms with Gasteiger partial charge in [-0.3, -0.25) is 4.79 Å². The number of nitrogens with zero attached hydrogens (tertiary/aromatic N) is 1. The number of hydrogen-bond acceptors (Lipinski definition) is 5. The molecule has 1 fully saturated rings. The standard InChI is InChI=1S/C17H19ClN2O4S/c18-15-8-4-3-7-14(15)17-20-13(9-24-17)10-25(22,23)11-16(21)19-12-5-1-2-6-12/h3-4,7-9,12H,1-2,5-6,10-11H2,(H,19,21). The Bertz CT molecular complexity index is 857. The minimum Gasteiger partial charge on any atom is -0.444 e. The van der Waals surface area contributed by atoms with E-state index in [-0.39, 0.29) is 23.4 Å². The van der Waals surface area contributed by atoms with E-state index >= 15 is 0 Å². The Balaban J connectivity index is 1.63. The number of oxazole rings is 1. The lowest BCUT2D eigenvalue weighted by Crippen LogP contribution is -2.37. The Kier molecular flexibility index (Phi) is 5.44. The van der Waals surface area contributed by atoms with Crippen LogP contribution in [-0.4, -0.2) is 31.1 Å². The molecule has 0 spiro atoms. The molecule has 1 aromatic carbocycles. The monoisotopic (exact) mass is 382 g/mol. The van der Waals surface area contributed by atoms with Gasteiger partial charge in [0.25, 0.3) is 0 Å². The van der Waals surface area contributed by atoms with Crippen molar-refractivity contribution in [3.8, 4) is 11.5 Å². The van der Waals surface area contributed by atoms with Crippen LogP contribution in [0.15, 0.2) is 34.9 Å². The molecule has 8 heteroatoms. The van der Waals surface area contributed by atoms with Crippen molar-refractivity contribution in [2.45, 2.75) is 37.5 Å². The van der Waals surface area contributed by atoms with Gasteiger partial charge in [0.2, 0.25) is 11.8 Å². The van der Waals surface area contributed by atoms with E-state index in [4.69, 9.17) is 16.0 Å². The van der Waals surface area contributed by atoms with Crippen LogP contribution in [0.4, 0.5) is 0 Å². The maximum atomic E-state index is 12.2. The molecule has 1 heterocycles. The number of sulfone groups is 1. The van der Waals surface area contributed by atoms with Crippen molar-refractivity contribution in [3.63, 3.8) is 0 Å². The Hall–Kier alpha value is -1.86. The number of carbonyl (C=O) groups excluding carboxylic acids is 1. The molecule has 134 valence electrons. The Morgan fingerprint density at radius 3 is 2.72 bits per heavy atom. The molecule has 1 saturated carbocycles. The normalized spacial score (nSPS) is 15.4. The molecular weight excluding hydrogens is 364 g/mol. The fourth-order valence-corrected chi connectivity index (χ4v) is 4.33. The average molecular weight is 383 g/mol. The van der Waals surface area contributed by atoms with E-state index in [0.717, 1.165) is 25.7 Å². The van der Waals surface area contributed by atoms with Gasteiger partial charge in [-0.15, -0.1) is 0 Å². The fraction of sp³-hybridized carbons (Fsp3) is 0.412. The van der Waals surface area contributed by atoms with Crippen LogP contribution < -0.4 is 5.32 Å². The van der Waals surface area contributed by atoms with Gasteiger partial charge in [-0.1, -0.05) is 36.6 Å². The van der Waals surface area contributed by atoms with Crippen molar-refractivity contribution >= 4 is 27.3 Å². The molecule has 0 saturated heterocycles. The van der Waals surface area contributed by atoms with E-state index in [1.54, 1.807) is 24.3 Å². The zero-order chi connectivity index (χ0) is 17.9. The topological polar surface area (TPSA) is 89.3 Å². The predicted octanol–water partition coefficient (Wildman–Crippen LogP) is 2.97. The Morgan fingerprint density at radius 1 is 1.28 bits per heavy atom. The highest BCUT2D eigenvalue weighted by Crippen LogP contribution is 2.27. The summed E-state index contributed by atoms with van der Waals surface area (Å²) in [6.45, 7) is 0. The first kappa shape index (κ1) is 17.9. The fourth-order valence-electron chi connectivity index (χ4n) is 2.95. The average Bonchev–Trinajstić information content (AvgIpc) is 3.18. The van der Waals surface area contributed by atoms with Crippen LogP contribution >= 0.6 is 11.6 Å². The minimum atomic E-state index is -3.62. The van der Waals surface area contributed by atoms with Crippen LogP contribution in [0.25, 0.3) is 11.5 Å². The SMILES string of the molecule is O=C(CS(=O)(=O)Cc1coc(-c2ccccc2Cl)n1)NC1CCCC1. The van der Waals surface area contributed by atoms with Crippen LogP contribution in [0.2, 0.25) is 5.02 Å². The molecule has 0 radical (unpaired) electrons. The summed E-state index contributed by atoms with van der Waals surface area (Å²) < 4.78 is 29.8. The third-order valence-electron chi connectivity index (χ3n) is 4.10. The van der Waals surface area contributed by atoms with Crippen molar-refractivity contribution < 1.29 is 17.6 Å². The molecular formula is C17H19ClN2O4S. The Labute approximate surface area is 151 Å². The maximum Gasteiger partial charge on any atom is 0.235 e. The van der Waals surface area contributed by atoms with E-state index in [1.807, 2.05) is 0 Å². The van der Waals surface area contributed by atoms with Gasteiger partial charge in [-0.25, -0.2) is 13.4 Å². The first-order valence-corrected chi connectivity index (χ1v) is 10.3. The van der Waals surface area contributed by atoms with Gasteiger partial charge in [0.15, 0.2) is 9.84 Å². The summed E-state index contributed by atoms with van der Waals surface area (Å²) in [7, 11) is -3.62. The number of nitrogens with one attached hydrogen (secondary N) is 1. The van der Waals surface area contributed by atoms with Gasteiger partial charge in [-0.2, -0.15) is 0 Å². The number of rotatable bonds is 6. The molecule has 6 nitrogen and oxygen atoms in total. The maximum absolute atomic E-state index is 12.2. The molecule has 0 unspecified atom stereocenters. The summed E-state index contributed by atoms with van der Waals surface area (Å²) in [5.41, 5.74) is 0.843. The molecule has 1 N–H and O–H groups in total. The molecule has 2 aromatic rings. The largest absolute Gasteiger partial charge is 0.444 e. The molecule has 1 amide bonds. The second-order valence-electron chi connectivity index (χ2n) is 6.20. The second-order valence-corrected chi connectivity index (χ2v) is 8.68. The lowest BCUT2D eigenvalue weighted by Gasteiger charge is -2.11. The van der Waals surface area contributed by atoms with E-state index in [9.17, 15) is 13.2 Å². The number of hydrogen-bond donors (Lipinski definition) is 1. The molecule has 0 bridgehead atoms. The van der Waals surface area contributed by atoms with Crippen LogP contribution in [0.3, 0.4) is 0 Å². The van der Waals surface area contributed by atoms with Crippen molar-refractivity contribution in [1.82, 2.24) is 10.3 Å². The van der Waals surface area contributed by atoms with Gasteiger partial charge in [0.05, 0.1) is 22.0 Å². The summed E-state index contributed by atoms with van der Waals surface area (Å²) >= 11 is 6.08.